The van der Waals surface area contributed by atoms with Gasteiger partial charge in [-0.15, -0.1) is 0 Å². The molecule has 1 N–H and O–H groups in total. The smallest absolute Gasteiger partial charge is 0.242 e. The summed E-state index contributed by atoms with van der Waals surface area (Å²) in [5.74, 6) is -1.22. The minimum absolute atomic E-state index is 0.102. The van der Waals surface area contributed by atoms with E-state index in [4.69, 9.17) is 0 Å². The lowest BCUT2D eigenvalue weighted by Gasteiger charge is -2.36. The normalized spacial score (nSPS) is 17.8. The zero-order valence-electron chi connectivity index (χ0n) is 17.0. The second-order valence-electron chi connectivity index (χ2n) is 7.50. The van der Waals surface area contributed by atoms with E-state index in [9.17, 15) is 24.0 Å². The van der Waals surface area contributed by atoms with Crippen LogP contribution in [0.1, 0.15) is 37.8 Å². The fourth-order valence-corrected chi connectivity index (χ4v) is 3.73. The molecule has 1 unspecified atom stereocenters. The SMILES string of the molecule is CC(=O)NC(CC(=O)N1CCN(C(=O)CN2C(=O)CCC2=O)CC1)c1ccccc1. The summed E-state index contributed by atoms with van der Waals surface area (Å²) in [6, 6.07) is 8.90. The topological polar surface area (TPSA) is 107 Å². The van der Waals surface area contributed by atoms with Crippen molar-refractivity contribution in [1.29, 1.82) is 0 Å². The lowest BCUT2D eigenvalue weighted by Crippen LogP contribution is -2.53. The molecule has 160 valence electrons. The van der Waals surface area contributed by atoms with Crippen LogP contribution < -0.4 is 5.32 Å². The molecule has 2 aliphatic heterocycles. The van der Waals surface area contributed by atoms with Gasteiger partial charge in [0.1, 0.15) is 6.54 Å². The van der Waals surface area contributed by atoms with Crippen LogP contribution in [0.4, 0.5) is 0 Å². The number of hydrogen-bond acceptors (Lipinski definition) is 5. The molecule has 3 rings (SSSR count). The highest BCUT2D eigenvalue weighted by Crippen LogP contribution is 2.19. The van der Waals surface area contributed by atoms with Gasteiger partial charge in [-0.25, -0.2) is 0 Å². The molecule has 5 amide bonds. The standard InChI is InChI=1S/C21H26N4O5/c1-15(26)22-17(16-5-3-2-4-6-16)13-20(29)23-9-11-24(12-10-23)21(30)14-25-18(27)7-8-19(25)28/h2-6,17H,7-14H2,1H3,(H,22,26). The zero-order chi connectivity index (χ0) is 21.7. The number of carbonyl (C=O) groups excluding carboxylic acids is 5. The van der Waals surface area contributed by atoms with Crippen molar-refractivity contribution in [3.05, 3.63) is 35.9 Å². The number of rotatable bonds is 6. The highest BCUT2D eigenvalue weighted by Gasteiger charge is 2.33. The lowest BCUT2D eigenvalue weighted by atomic mass is 10.0. The first-order valence-electron chi connectivity index (χ1n) is 10.1. The number of piperazine rings is 1. The van der Waals surface area contributed by atoms with E-state index in [-0.39, 0.29) is 55.3 Å². The van der Waals surface area contributed by atoms with Crippen LogP contribution >= 0.6 is 0 Å². The molecule has 30 heavy (non-hydrogen) atoms. The van der Waals surface area contributed by atoms with Crippen LogP contribution in [0.25, 0.3) is 0 Å². The second-order valence-corrected chi connectivity index (χ2v) is 7.50. The van der Waals surface area contributed by atoms with Gasteiger partial charge in [0.2, 0.25) is 29.5 Å². The summed E-state index contributed by atoms with van der Waals surface area (Å²) in [6.07, 6.45) is 0.449. The maximum Gasteiger partial charge on any atom is 0.242 e. The Labute approximate surface area is 175 Å². The summed E-state index contributed by atoms with van der Waals surface area (Å²) < 4.78 is 0. The number of imide groups is 1. The molecular formula is C21H26N4O5. The van der Waals surface area contributed by atoms with Crippen LogP contribution in [-0.4, -0.2) is 77.0 Å². The fraction of sp³-hybridized carbons (Fsp3) is 0.476. The quantitative estimate of drug-likeness (QED) is 0.663. The highest BCUT2D eigenvalue weighted by molar-refractivity contribution is 6.04. The fourth-order valence-electron chi connectivity index (χ4n) is 3.73. The third-order valence-electron chi connectivity index (χ3n) is 5.39. The average molecular weight is 414 g/mol. The molecular weight excluding hydrogens is 388 g/mol. The minimum Gasteiger partial charge on any atom is -0.349 e. The van der Waals surface area contributed by atoms with Gasteiger partial charge in [0.05, 0.1) is 12.5 Å². The number of hydrogen-bond donors (Lipinski definition) is 1. The van der Waals surface area contributed by atoms with Gasteiger partial charge in [-0.1, -0.05) is 30.3 Å². The van der Waals surface area contributed by atoms with Crippen LogP contribution in [0.15, 0.2) is 30.3 Å². The van der Waals surface area contributed by atoms with Gasteiger partial charge in [-0.05, 0) is 5.56 Å². The molecule has 0 aliphatic carbocycles. The first-order valence-corrected chi connectivity index (χ1v) is 10.1. The highest BCUT2D eigenvalue weighted by atomic mass is 16.2. The van der Waals surface area contributed by atoms with Gasteiger partial charge in [0.15, 0.2) is 0 Å². The largest absolute Gasteiger partial charge is 0.349 e. The first kappa shape index (κ1) is 21.5. The van der Waals surface area contributed by atoms with Gasteiger partial charge in [-0.3, -0.25) is 28.9 Å². The van der Waals surface area contributed by atoms with E-state index in [2.05, 4.69) is 5.32 Å². The Balaban J connectivity index is 1.52. The van der Waals surface area contributed by atoms with E-state index in [1.54, 1.807) is 9.80 Å². The molecule has 0 radical (unpaired) electrons. The van der Waals surface area contributed by atoms with Crippen molar-refractivity contribution in [1.82, 2.24) is 20.0 Å². The van der Waals surface area contributed by atoms with Gasteiger partial charge < -0.3 is 15.1 Å². The Morgan fingerprint density at radius 1 is 0.900 bits per heavy atom. The van der Waals surface area contributed by atoms with E-state index >= 15 is 0 Å². The summed E-state index contributed by atoms with van der Waals surface area (Å²) in [7, 11) is 0. The molecule has 2 saturated heterocycles. The number of carbonyl (C=O) groups is 5. The van der Waals surface area contributed by atoms with E-state index < -0.39 is 6.04 Å². The number of benzene rings is 1. The molecule has 9 nitrogen and oxygen atoms in total. The van der Waals surface area contributed by atoms with Crippen molar-refractivity contribution < 1.29 is 24.0 Å². The van der Waals surface area contributed by atoms with Crippen molar-refractivity contribution in [2.45, 2.75) is 32.2 Å². The van der Waals surface area contributed by atoms with Crippen molar-refractivity contribution in [2.75, 3.05) is 32.7 Å². The lowest BCUT2D eigenvalue weighted by molar-refractivity contribution is -0.147. The third kappa shape index (κ3) is 5.22. The predicted molar refractivity (Wildman–Crippen MR) is 107 cm³/mol. The van der Waals surface area contributed by atoms with E-state index in [0.29, 0.717) is 26.2 Å². The maximum absolute atomic E-state index is 12.8. The molecule has 2 fully saturated rings. The van der Waals surface area contributed by atoms with Crippen molar-refractivity contribution >= 4 is 29.5 Å². The van der Waals surface area contributed by atoms with Crippen molar-refractivity contribution in [3.63, 3.8) is 0 Å². The minimum atomic E-state index is -0.414. The van der Waals surface area contributed by atoms with E-state index in [1.807, 2.05) is 30.3 Å². The molecule has 9 heteroatoms. The molecule has 0 saturated carbocycles. The zero-order valence-corrected chi connectivity index (χ0v) is 17.0. The molecule has 1 aromatic rings. The average Bonchev–Trinajstić information content (AvgIpc) is 3.05. The first-order chi connectivity index (χ1) is 14.3. The number of amides is 5. The Bertz CT molecular complexity index is 817. The predicted octanol–water partition coefficient (Wildman–Crippen LogP) is 0.0737. The molecule has 0 spiro atoms. The second kappa shape index (κ2) is 9.51. The molecule has 0 aromatic heterocycles. The third-order valence-corrected chi connectivity index (χ3v) is 5.39. The molecule has 1 aromatic carbocycles. The van der Waals surface area contributed by atoms with Crippen molar-refractivity contribution in [2.24, 2.45) is 0 Å². The van der Waals surface area contributed by atoms with Gasteiger partial charge in [0, 0.05) is 45.9 Å². The van der Waals surface area contributed by atoms with E-state index in [1.165, 1.54) is 6.92 Å². The number of nitrogens with zero attached hydrogens (tertiary/aromatic N) is 3. The molecule has 2 heterocycles. The molecule has 0 bridgehead atoms. The van der Waals surface area contributed by atoms with Crippen LogP contribution in [0.3, 0.4) is 0 Å². The Morgan fingerprint density at radius 3 is 1.97 bits per heavy atom. The summed E-state index contributed by atoms with van der Waals surface area (Å²) in [5.41, 5.74) is 0.856. The van der Waals surface area contributed by atoms with E-state index in [0.717, 1.165) is 10.5 Å². The van der Waals surface area contributed by atoms with Gasteiger partial charge in [-0.2, -0.15) is 0 Å². The van der Waals surface area contributed by atoms with Crippen molar-refractivity contribution in [3.8, 4) is 0 Å². The maximum atomic E-state index is 12.8. The number of likely N-dealkylation sites (tertiary alicyclic amines) is 1. The molecule has 1 atom stereocenters. The Hall–Kier alpha value is -3.23. The summed E-state index contributed by atoms with van der Waals surface area (Å²) in [4.78, 5) is 64.4. The molecule has 2 aliphatic rings. The number of nitrogens with one attached hydrogen (secondary N) is 1. The Morgan fingerprint density at radius 2 is 1.43 bits per heavy atom. The van der Waals surface area contributed by atoms with Crippen LogP contribution in [0, 0.1) is 0 Å². The van der Waals surface area contributed by atoms with Crippen LogP contribution in [-0.2, 0) is 24.0 Å². The van der Waals surface area contributed by atoms with Gasteiger partial charge in [0.25, 0.3) is 0 Å². The van der Waals surface area contributed by atoms with Crippen LogP contribution in [0.5, 0.6) is 0 Å². The summed E-state index contributed by atoms with van der Waals surface area (Å²) in [6.45, 7) is 2.61. The van der Waals surface area contributed by atoms with Crippen LogP contribution in [0.2, 0.25) is 0 Å². The summed E-state index contributed by atoms with van der Waals surface area (Å²) in [5, 5.41) is 2.82. The van der Waals surface area contributed by atoms with Gasteiger partial charge >= 0.3 is 0 Å². The monoisotopic (exact) mass is 414 g/mol. The summed E-state index contributed by atoms with van der Waals surface area (Å²) >= 11 is 0. The Kier molecular flexibility index (Phi) is 6.81.